The van der Waals surface area contributed by atoms with Crippen LogP contribution in [0, 0.1) is 12.7 Å². The van der Waals surface area contributed by atoms with Crippen molar-refractivity contribution in [2.24, 2.45) is 0 Å². The highest BCUT2D eigenvalue weighted by atomic mass is 19.4. The van der Waals surface area contributed by atoms with Gasteiger partial charge in [-0.25, -0.2) is 4.39 Å². The number of aromatic amines is 1. The Kier molecular flexibility index (Phi) is 5.11. The Morgan fingerprint density at radius 2 is 1.83 bits per heavy atom. The lowest BCUT2D eigenvalue weighted by atomic mass is 9.73. The number of rotatable bonds is 5. The molecule has 0 radical (unpaired) electrons. The van der Waals surface area contributed by atoms with E-state index >= 15 is 0 Å². The van der Waals surface area contributed by atoms with E-state index in [1.165, 1.54) is 26.1 Å². The number of benzene rings is 1. The zero-order valence-electron chi connectivity index (χ0n) is 16.2. The number of nitrogens with zero attached hydrogens (tertiary/aromatic N) is 1. The van der Waals surface area contributed by atoms with Crippen LogP contribution in [0.15, 0.2) is 36.7 Å². The average Bonchev–Trinajstić information content (AvgIpc) is 2.89. The summed E-state index contributed by atoms with van der Waals surface area (Å²) >= 11 is 0. The van der Waals surface area contributed by atoms with Gasteiger partial charge in [0, 0.05) is 29.8 Å². The second-order valence-corrected chi connectivity index (χ2v) is 8.08. The highest BCUT2D eigenvalue weighted by molar-refractivity contribution is 5.83. The molecule has 8 heteroatoms. The molecule has 3 aromatic rings. The fourth-order valence-electron chi connectivity index (χ4n) is 3.88. The second-order valence-electron chi connectivity index (χ2n) is 8.08. The predicted octanol–water partition coefficient (Wildman–Crippen LogP) is 4.92. The number of fused-ring (bicyclic) bond motifs is 1. The summed E-state index contributed by atoms with van der Waals surface area (Å²) in [6, 6.07) is 4.84. The van der Waals surface area contributed by atoms with Crippen molar-refractivity contribution in [1.82, 2.24) is 9.97 Å². The number of nitrogens with one attached hydrogen (secondary N) is 1. The Bertz CT molecular complexity index is 1040. The van der Waals surface area contributed by atoms with Gasteiger partial charge in [0.2, 0.25) is 0 Å². The first-order chi connectivity index (χ1) is 13.3. The van der Waals surface area contributed by atoms with Crippen molar-refractivity contribution >= 4 is 10.9 Å². The van der Waals surface area contributed by atoms with E-state index in [-0.39, 0.29) is 11.3 Å². The molecule has 1 unspecified atom stereocenters. The van der Waals surface area contributed by atoms with E-state index in [2.05, 4.69) is 9.97 Å². The zero-order valence-corrected chi connectivity index (χ0v) is 16.2. The van der Waals surface area contributed by atoms with Crippen LogP contribution in [0.2, 0.25) is 0 Å². The van der Waals surface area contributed by atoms with E-state index in [0.29, 0.717) is 11.1 Å². The van der Waals surface area contributed by atoms with Gasteiger partial charge in [-0.15, -0.1) is 0 Å². The second kappa shape index (κ2) is 7.02. The van der Waals surface area contributed by atoms with Gasteiger partial charge in [0.1, 0.15) is 11.6 Å². The van der Waals surface area contributed by atoms with Crippen molar-refractivity contribution in [2.45, 2.75) is 50.8 Å². The van der Waals surface area contributed by atoms with Gasteiger partial charge in [0.05, 0.1) is 11.7 Å². The summed E-state index contributed by atoms with van der Waals surface area (Å²) in [7, 11) is 0. The number of pyridine rings is 1. The van der Waals surface area contributed by atoms with Gasteiger partial charge in [0.15, 0.2) is 5.60 Å². The minimum Gasteiger partial charge on any atom is -0.508 e. The van der Waals surface area contributed by atoms with E-state index in [1.54, 1.807) is 19.2 Å². The standard InChI is InChI=1S/C21H22F4N2O2/c1-12-14-6-7-26-10-17(14)27-16(12)9-20(29,21(23,24)25)11-19(2,3)15-5-4-13(22)8-18(15)28/h4-8,10,27-29H,9,11H2,1-3H3. The van der Waals surface area contributed by atoms with E-state index in [1.807, 2.05) is 0 Å². The third-order valence-electron chi connectivity index (χ3n) is 5.38. The summed E-state index contributed by atoms with van der Waals surface area (Å²) in [6.45, 7) is 4.62. The SMILES string of the molecule is Cc1c(CC(O)(CC(C)(C)c2ccc(F)cc2O)C(F)(F)F)[nH]c2cnccc12. The molecule has 0 aliphatic rings. The molecule has 0 aliphatic heterocycles. The minimum absolute atomic E-state index is 0.124. The van der Waals surface area contributed by atoms with Gasteiger partial charge in [-0.1, -0.05) is 19.9 Å². The minimum atomic E-state index is -4.93. The van der Waals surface area contributed by atoms with E-state index < -0.39 is 41.6 Å². The highest BCUT2D eigenvalue weighted by Gasteiger charge is 2.56. The molecule has 4 nitrogen and oxygen atoms in total. The Hall–Kier alpha value is -2.61. The molecule has 2 aromatic heterocycles. The first kappa shape index (κ1) is 21.1. The topological polar surface area (TPSA) is 69.1 Å². The number of phenols is 1. The number of aromatic hydroxyl groups is 1. The molecule has 156 valence electrons. The lowest BCUT2D eigenvalue weighted by Gasteiger charge is -2.38. The van der Waals surface area contributed by atoms with Crippen molar-refractivity contribution < 1.29 is 27.8 Å². The van der Waals surface area contributed by atoms with Crippen LogP contribution >= 0.6 is 0 Å². The molecule has 0 bridgehead atoms. The summed E-state index contributed by atoms with van der Waals surface area (Å²) in [5.41, 5.74) is -2.79. The molecular formula is C21H22F4N2O2. The Morgan fingerprint density at radius 1 is 1.14 bits per heavy atom. The third-order valence-corrected chi connectivity index (χ3v) is 5.38. The number of phenolic OH excluding ortho intramolecular Hbond substituents is 1. The molecule has 2 heterocycles. The van der Waals surface area contributed by atoms with Crippen LogP contribution in [0.5, 0.6) is 5.75 Å². The number of aryl methyl sites for hydroxylation is 1. The predicted molar refractivity (Wildman–Crippen MR) is 101 cm³/mol. The number of alkyl halides is 3. The van der Waals surface area contributed by atoms with Gasteiger partial charge in [-0.3, -0.25) is 4.98 Å². The molecule has 1 aromatic carbocycles. The summed E-state index contributed by atoms with van der Waals surface area (Å²) in [4.78, 5) is 6.87. The lowest BCUT2D eigenvalue weighted by Crippen LogP contribution is -2.51. The van der Waals surface area contributed by atoms with Crippen molar-refractivity contribution in [3.8, 4) is 5.75 Å². The molecule has 3 N–H and O–H groups in total. The first-order valence-corrected chi connectivity index (χ1v) is 9.03. The normalized spacial score (nSPS) is 14.9. The van der Waals surface area contributed by atoms with Crippen molar-refractivity contribution in [1.29, 1.82) is 0 Å². The number of aliphatic hydroxyl groups is 1. The fourth-order valence-corrected chi connectivity index (χ4v) is 3.88. The largest absolute Gasteiger partial charge is 0.508 e. The van der Waals surface area contributed by atoms with E-state index in [0.717, 1.165) is 17.5 Å². The van der Waals surface area contributed by atoms with Crippen molar-refractivity contribution in [3.05, 3.63) is 59.3 Å². The number of hydrogen-bond donors (Lipinski definition) is 3. The summed E-state index contributed by atoms with van der Waals surface area (Å²) in [6.07, 6.45) is -3.29. The van der Waals surface area contributed by atoms with Crippen molar-refractivity contribution in [2.75, 3.05) is 0 Å². The molecule has 0 spiro atoms. The van der Waals surface area contributed by atoms with Crippen LogP contribution in [0.4, 0.5) is 17.6 Å². The first-order valence-electron chi connectivity index (χ1n) is 9.03. The molecule has 0 saturated heterocycles. The lowest BCUT2D eigenvalue weighted by molar-refractivity contribution is -0.266. The monoisotopic (exact) mass is 410 g/mol. The summed E-state index contributed by atoms with van der Waals surface area (Å²) in [5.74, 6) is -1.15. The molecule has 0 aliphatic carbocycles. The van der Waals surface area contributed by atoms with Crippen LogP contribution in [0.25, 0.3) is 10.9 Å². The quantitative estimate of drug-likeness (QED) is 0.523. The number of halogens is 4. The van der Waals surface area contributed by atoms with Gasteiger partial charge in [0.25, 0.3) is 0 Å². The number of hydrogen-bond acceptors (Lipinski definition) is 3. The highest BCUT2D eigenvalue weighted by Crippen LogP contribution is 2.45. The van der Waals surface area contributed by atoms with Crippen LogP contribution in [-0.2, 0) is 11.8 Å². The van der Waals surface area contributed by atoms with Gasteiger partial charge >= 0.3 is 6.18 Å². The maximum absolute atomic E-state index is 14.0. The summed E-state index contributed by atoms with van der Waals surface area (Å²) < 4.78 is 55.3. The van der Waals surface area contributed by atoms with Gasteiger partial charge in [-0.05, 0) is 42.0 Å². The Labute approximate surface area is 165 Å². The maximum atomic E-state index is 14.0. The van der Waals surface area contributed by atoms with Crippen LogP contribution in [0.3, 0.4) is 0 Å². The van der Waals surface area contributed by atoms with Gasteiger partial charge < -0.3 is 15.2 Å². The number of aromatic nitrogens is 2. The van der Waals surface area contributed by atoms with Crippen LogP contribution in [0.1, 0.15) is 37.1 Å². The Balaban J connectivity index is 2.01. The third kappa shape index (κ3) is 3.94. The zero-order chi connectivity index (χ0) is 21.6. The van der Waals surface area contributed by atoms with Gasteiger partial charge in [-0.2, -0.15) is 13.2 Å². The molecule has 1 atom stereocenters. The van der Waals surface area contributed by atoms with Crippen LogP contribution in [-0.4, -0.2) is 32.0 Å². The van der Waals surface area contributed by atoms with E-state index in [9.17, 15) is 27.8 Å². The smallest absolute Gasteiger partial charge is 0.417 e. The molecule has 0 fully saturated rings. The molecule has 3 rings (SSSR count). The summed E-state index contributed by atoms with van der Waals surface area (Å²) in [5, 5.41) is 21.5. The Morgan fingerprint density at radius 3 is 2.41 bits per heavy atom. The molecule has 0 amide bonds. The fraction of sp³-hybridized carbons (Fsp3) is 0.381. The van der Waals surface area contributed by atoms with Crippen molar-refractivity contribution in [3.63, 3.8) is 0 Å². The molecule has 29 heavy (non-hydrogen) atoms. The van der Waals surface area contributed by atoms with Crippen LogP contribution < -0.4 is 0 Å². The molecule has 0 saturated carbocycles. The van der Waals surface area contributed by atoms with E-state index in [4.69, 9.17) is 0 Å². The average molecular weight is 410 g/mol. The molecular weight excluding hydrogens is 388 g/mol. The number of H-pyrrole nitrogens is 1. The maximum Gasteiger partial charge on any atom is 0.417 e.